The number of anilines is 1. The Hall–Kier alpha value is -3.01. The van der Waals surface area contributed by atoms with Crippen LogP contribution in [0.3, 0.4) is 0 Å². The molecule has 2 aromatic rings. The van der Waals surface area contributed by atoms with Crippen molar-refractivity contribution in [1.82, 2.24) is 4.98 Å². The van der Waals surface area contributed by atoms with E-state index in [0.29, 0.717) is 23.7 Å². The third-order valence-electron chi connectivity index (χ3n) is 2.66. The van der Waals surface area contributed by atoms with Crippen molar-refractivity contribution in [3.63, 3.8) is 0 Å². The number of carbonyl (C=O) groups is 2. The molecule has 9 nitrogen and oxygen atoms in total. The lowest BCUT2D eigenvalue weighted by molar-refractivity contribution is -0.380. The van der Waals surface area contributed by atoms with Gasteiger partial charge in [-0.3, -0.25) is 20.2 Å². The van der Waals surface area contributed by atoms with Crippen LogP contribution in [0.2, 0.25) is 0 Å². The lowest BCUT2D eigenvalue weighted by atomic mass is 10.2. The Labute approximate surface area is 140 Å². The molecule has 1 N–H and O–H groups in total. The number of thiazole rings is 1. The number of para-hydroxylation sites is 1. The molecule has 0 aliphatic rings. The Balaban J connectivity index is 1.91. The summed E-state index contributed by atoms with van der Waals surface area (Å²) >= 11 is 0.706. The van der Waals surface area contributed by atoms with Gasteiger partial charge in [-0.1, -0.05) is 12.1 Å². The van der Waals surface area contributed by atoms with Crippen molar-refractivity contribution in [3.8, 4) is 5.75 Å². The zero-order chi connectivity index (χ0) is 17.5. The van der Waals surface area contributed by atoms with Crippen LogP contribution in [0.1, 0.15) is 17.3 Å². The van der Waals surface area contributed by atoms with E-state index < -0.39 is 23.4 Å². The van der Waals surface area contributed by atoms with Gasteiger partial charge in [-0.15, -0.1) is 0 Å². The van der Waals surface area contributed by atoms with Crippen LogP contribution in [-0.2, 0) is 9.53 Å². The molecule has 0 unspecified atom stereocenters. The molecule has 24 heavy (non-hydrogen) atoms. The van der Waals surface area contributed by atoms with E-state index in [1.165, 1.54) is 6.07 Å². The molecule has 0 radical (unpaired) electrons. The first-order valence-corrected chi connectivity index (χ1v) is 7.62. The van der Waals surface area contributed by atoms with Gasteiger partial charge in [0.25, 0.3) is 5.91 Å². The molecule has 0 fully saturated rings. The van der Waals surface area contributed by atoms with Gasteiger partial charge in [-0.2, -0.15) is 0 Å². The number of nitro groups is 1. The number of aromatic nitrogens is 1. The zero-order valence-corrected chi connectivity index (χ0v) is 13.4. The quantitative estimate of drug-likeness (QED) is 0.461. The lowest BCUT2D eigenvalue weighted by Crippen LogP contribution is -2.21. The molecule has 1 aromatic carbocycles. The van der Waals surface area contributed by atoms with Crippen LogP contribution in [-0.4, -0.2) is 35.0 Å². The predicted octanol–water partition coefficient (Wildman–Crippen LogP) is 2.25. The lowest BCUT2D eigenvalue weighted by Gasteiger charge is -2.09. The van der Waals surface area contributed by atoms with Crippen molar-refractivity contribution in [2.24, 2.45) is 0 Å². The molecule has 1 amide bonds. The van der Waals surface area contributed by atoms with Crippen LogP contribution in [0.4, 0.5) is 10.1 Å². The number of rotatable bonds is 7. The molecule has 1 aromatic heterocycles. The predicted molar refractivity (Wildman–Crippen MR) is 85.3 cm³/mol. The monoisotopic (exact) mass is 351 g/mol. The van der Waals surface area contributed by atoms with E-state index in [9.17, 15) is 19.7 Å². The number of esters is 1. The Bertz CT molecular complexity index is 760. The van der Waals surface area contributed by atoms with Crippen LogP contribution in [0.15, 0.2) is 30.5 Å². The standard InChI is InChI=1S/C14H13N3O6S/c1-2-22-10-6-4-3-5-9(10)13(19)23-8-11(18)16-14-15-7-12(24-14)17(20)21/h3-7H,2,8H2,1H3,(H,15,16,18). The van der Waals surface area contributed by atoms with Gasteiger partial charge in [-0.05, 0) is 30.4 Å². The number of benzene rings is 1. The van der Waals surface area contributed by atoms with E-state index >= 15 is 0 Å². The van der Waals surface area contributed by atoms with E-state index in [-0.39, 0.29) is 15.7 Å². The molecule has 0 aliphatic heterocycles. The second-order valence-electron chi connectivity index (χ2n) is 4.31. The largest absolute Gasteiger partial charge is 0.493 e. The fraction of sp³-hybridized carbons (Fsp3) is 0.214. The minimum Gasteiger partial charge on any atom is -0.493 e. The first kappa shape index (κ1) is 17.3. The van der Waals surface area contributed by atoms with E-state index in [1.54, 1.807) is 25.1 Å². The van der Waals surface area contributed by atoms with E-state index in [1.807, 2.05) is 0 Å². The fourth-order valence-electron chi connectivity index (χ4n) is 1.69. The molecule has 0 bridgehead atoms. The van der Waals surface area contributed by atoms with Gasteiger partial charge in [0.15, 0.2) is 11.7 Å². The Kier molecular flexibility index (Phi) is 5.79. The zero-order valence-electron chi connectivity index (χ0n) is 12.6. The molecular weight excluding hydrogens is 338 g/mol. The second kappa shape index (κ2) is 8.02. The molecule has 0 spiro atoms. The maximum Gasteiger partial charge on any atom is 0.345 e. The third-order valence-corrected chi connectivity index (χ3v) is 3.53. The molecular formula is C14H13N3O6S. The van der Waals surface area contributed by atoms with Gasteiger partial charge in [0.2, 0.25) is 0 Å². The highest BCUT2D eigenvalue weighted by Crippen LogP contribution is 2.24. The normalized spacial score (nSPS) is 10.0. The third kappa shape index (κ3) is 4.49. The average Bonchev–Trinajstić information content (AvgIpc) is 3.02. The second-order valence-corrected chi connectivity index (χ2v) is 5.32. The average molecular weight is 351 g/mol. The van der Waals surface area contributed by atoms with Crippen molar-refractivity contribution in [2.75, 3.05) is 18.5 Å². The fourth-order valence-corrected chi connectivity index (χ4v) is 2.34. The van der Waals surface area contributed by atoms with Crippen molar-refractivity contribution in [3.05, 3.63) is 46.1 Å². The first-order chi connectivity index (χ1) is 11.5. The molecule has 0 atom stereocenters. The highest BCUT2D eigenvalue weighted by Gasteiger charge is 2.17. The Morgan fingerprint density at radius 3 is 2.79 bits per heavy atom. The Morgan fingerprint density at radius 1 is 1.38 bits per heavy atom. The number of amides is 1. The minimum atomic E-state index is -0.709. The summed E-state index contributed by atoms with van der Waals surface area (Å²) in [5, 5.41) is 12.7. The van der Waals surface area contributed by atoms with Gasteiger partial charge in [0.05, 0.1) is 11.5 Å². The van der Waals surface area contributed by atoms with Gasteiger partial charge < -0.3 is 9.47 Å². The first-order valence-electron chi connectivity index (χ1n) is 6.80. The molecule has 10 heteroatoms. The van der Waals surface area contributed by atoms with Crippen molar-refractivity contribution < 1.29 is 24.0 Å². The van der Waals surface area contributed by atoms with Crippen LogP contribution >= 0.6 is 11.3 Å². The number of nitrogens with one attached hydrogen (secondary N) is 1. The summed E-state index contributed by atoms with van der Waals surface area (Å²) < 4.78 is 10.2. The summed E-state index contributed by atoms with van der Waals surface area (Å²) in [7, 11) is 0. The molecule has 126 valence electrons. The summed E-state index contributed by atoms with van der Waals surface area (Å²) in [6, 6.07) is 6.50. The highest BCUT2D eigenvalue weighted by molar-refractivity contribution is 7.18. The van der Waals surface area contributed by atoms with Gasteiger partial charge in [0, 0.05) is 0 Å². The van der Waals surface area contributed by atoms with Gasteiger partial charge >= 0.3 is 11.0 Å². The molecule has 0 aliphatic carbocycles. The van der Waals surface area contributed by atoms with Crippen LogP contribution in [0.25, 0.3) is 0 Å². The summed E-state index contributed by atoms with van der Waals surface area (Å²) in [5.74, 6) is -0.998. The minimum absolute atomic E-state index is 0.0532. The molecule has 0 saturated heterocycles. The molecule has 0 saturated carbocycles. The van der Waals surface area contributed by atoms with Gasteiger partial charge in [0.1, 0.15) is 17.5 Å². The summed E-state index contributed by atoms with van der Waals surface area (Å²) in [5.41, 5.74) is 0.206. The molecule has 1 heterocycles. The van der Waals surface area contributed by atoms with Crippen LogP contribution in [0, 0.1) is 10.1 Å². The van der Waals surface area contributed by atoms with Crippen LogP contribution < -0.4 is 10.1 Å². The summed E-state index contributed by atoms with van der Waals surface area (Å²) in [6.07, 6.45) is 1.03. The number of hydrogen-bond donors (Lipinski definition) is 1. The number of nitrogens with zero attached hydrogens (tertiary/aromatic N) is 2. The van der Waals surface area contributed by atoms with Crippen molar-refractivity contribution in [1.29, 1.82) is 0 Å². The van der Waals surface area contributed by atoms with E-state index in [2.05, 4.69) is 10.3 Å². The number of ether oxygens (including phenoxy) is 2. The maximum atomic E-state index is 12.0. The Morgan fingerprint density at radius 2 is 2.12 bits per heavy atom. The maximum absolute atomic E-state index is 12.0. The van der Waals surface area contributed by atoms with E-state index in [4.69, 9.17) is 9.47 Å². The SMILES string of the molecule is CCOc1ccccc1C(=O)OCC(=O)Nc1ncc([N+](=O)[O-])s1. The summed E-state index contributed by atoms with van der Waals surface area (Å²) in [4.78, 5) is 37.3. The van der Waals surface area contributed by atoms with E-state index in [0.717, 1.165) is 6.20 Å². The molecule has 2 rings (SSSR count). The van der Waals surface area contributed by atoms with Crippen molar-refractivity contribution in [2.45, 2.75) is 6.92 Å². The van der Waals surface area contributed by atoms with Crippen LogP contribution in [0.5, 0.6) is 5.75 Å². The highest BCUT2D eigenvalue weighted by atomic mass is 32.1. The number of hydrogen-bond acceptors (Lipinski definition) is 8. The van der Waals surface area contributed by atoms with Crippen molar-refractivity contribution >= 4 is 33.3 Å². The smallest absolute Gasteiger partial charge is 0.345 e. The van der Waals surface area contributed by atoms with Gasteiger partial charge in [-0.25, -0.2) is 9.78 Å². The number of carbonyl (C=O) groups excluding carboxylic acids is 2. The topological polar surface area (TPSA) is 121 Å². The summed E-state index contributed by atoms with van der Waals surface area (Å²) in [6.45, 7) is 1.61.